The average Bonchev–Trinajstić information content (AvgIpc) is 2.95. The van der Waals surface area contributed by atoms with Crippen molar-refractivity contribution in [2.24, 2.45) is 16.5 Å². The van der Waals surface area contributed by atoms with Crippen molar-refractivity contribution in [3.8, 4) is 0 Å². The molecule has 2 aliphatic rings. The SMILES string of the molecule is CC(=O)N[C@H]1[C@H]([C@H](OC(=O)N2CCN(C(=O)OCc3ccccc3)CC2)[C@H](O)CO)OC(C(=O)O)=C[C@@H]1N=C(N)N. The third-order valence-electron chi connectivity index (χ3n) is 6.31. The Hall–Kier alpha value is -4.57. The van der Waals surface area contributed by atoms with Crippen molar-refractivity contribution in [3.63, 3.8) is 0 Å². The number of aliphatic carboxylic acids is 1. The van der Waals surface area contributed by atoms with E-state index in [4.69, 9.17) is 25.7 Å². The number of piperazine rings is 1. The predicted octanol–water partition coefficient (Wildman–Crippen LogP) is -1.69. The van der Waals surface area contributed by atoms with Gasteiger partial charge in [-0.3, -0.25) is 4.79 Å². The number of nitrogens with two attached hydrogens (primary N) is 2. The normalized spacial score (nSPS) is 21.8. The number of nitrogens with one attached hydrogen (secondary N) is 1. The third kappa shape index (κ3) is 8.46. The van der Waals surface area contributed by atoms with Gasteiger partial charge in [0.2, 0.25) is 11.7 Å². The summed E-state index contributed by atoms with van der Waals surface area (Å²) in [4.78, 5) is 55.9. The van der Waals surface area contributed by atoms with Crippen LogP contribution in [0.25, 0.3) is 0 Å². The summed E-state index contributed by atoms with van der Waals surface area (Å²) in [5, 5.41) is 32.3. The van der Waals surface area contributed by atoms with Crippen molar-refractivity contribution in [1.82, 2.24) is 15.1 Å². The van der Waals surface area contributed by atoms with Crippen molar-refractivity contribution >= 4 is 30.0 Å². The average molecular weight is 579 g/mol. The fourth-order valence-corrected chi connectivity index (χ4v) is 4.34. The molecule has 41 heavy (non-hydrogen) atoms. The number of ether oxygens (including phenoxy) is 3. The highest BCUT2D eigenvalue weighted by molar-refractivity contribution is 5.85. The van der Waals surface area contributed by atoms with E-state index in [1.165, 1.54) is 16.7 Å². The lowest BCUT2D eigenvalue weighted by atomic mass is 9.92. The number of hydrogen-bond acceptors (Lipinski definition) is 10. The van der Waals surface area contributed by atoms with Crippen molar-refractivity contribution in [2.75, 3.05) is 32.8 Å². The van der Waals surface area contributed by atoms with Crippen molar-refractivity contribution < 1.29 is 48.7 Å². The summed E-state index contributed by atoms with van der Waals surface area (Å²) < 4.78 is 16.4. The van der Waals surface area contributed by atoms with Crippen LogP contribution in [-0.4, -0.2) is 118 Å². The van der Waals surface area contributed by atoms with Gasteiger partial charge in [0.25, 0.3) is 0 Å². The number of aliphatic imine (C=N–C) groups is 1. The Morgan fingerprint density at radius 1 is 1.10 bits per heavy atom. The molecule has 0 unspecified atom stereocenters. The predicted molar refractivity (Wildman–Crippen MR) is 141 cm³/mol. The highest BCUT2D eigenvalue weighted by Gasteiger charge is 2.47. The van der Waals surface area contributed by atoms with Gasteiger partial charge in [0, 0.05) is 33.1 Å². The lowest BCUT2D eigenvalue weighted by Gasteiger charge is -2.41. The zero-order valence-electron chi connectivity index (χ0n) is 22.3. The van der Waals surface area contributed by atoms with Crippen LogP contribution in [0.15, 0.2) is 47.2 Å². The van der Waals surface area contributed by atoms with Gasteiger partial charge in [-0.05, 0) is 11.6 Å². The maximum atomic E-state index is 13.1. The van der Waals surface area contributed by atoms with Gasteiger partial charge < -0.3 is 56.1 Å². The molecule has 0 aliphatic carbocycles. The minimum absolute atomic E-state index is 0.0543. The minimum Gasteiger partial charge on any atom is -0.477 e. The van der Waals surface area contributed by atoms with Crippen molar-refractivity contribution in [1.29, 1.82) is 0 Å². The molecule has 1 aromatic rings. The van der Waals surface area contributed by atoms with Crippen LogP contribution in [0.5, 0.6) is 0 Å². The third-order valence-corrected chi connectivity index (χ3v) is 6.31. The largest absolute Gasteiger partial charge is 0.477 e. The fraction of sp³-hybridized carbons (Fsp3) is 0.480. The molecule has 1 saturated heterocycles. The highest BCUT2D eigenvalue weighted by Crippen LogP contribution is 2.27. The molecule has 16 nitrogen and oxygen atoms in total. The molecule has 0 spiro atoms. The summed E-state index contributed by atoms with van der Waals surface area (Å²) in [6.07, 6.45) is -5.37. The second kappa shape index (κ2) is 14.2. The Balaban J connectivity index is 1.71. The molecular weight excluding hydrogens is 544 g/mol. The number of guanidine groups is 1. The summed E-state index contributed by atoms with van der Waals surface area (Å²) in [6, 6.07) is 6.76. The zero-order chi connectivity index (χ0) is 30.1. The van der Waals surface area contributed by atoms with Gasteiger partial charge in [-0.15, -0.1) is 0 Å². The minimum atomic E-state index is -1.75. The Bertz CT molecular complexity index is 1150. The van der Waals surface area contributed by atoms with Crippen LogP contribution in [0.1, 0.15) is 12.5 Å². The van der Waals surface area contributed by atoms with Gasteiger partial charge in [-0.2, -0.15) is 0 Å². The second-order valence-corrected chi connectivity index (χ2v) is 9.30. The zero-order valence-corrected chi connectivity index (χ0v) is 22.3. The number of carboxylic acid groups (broad SMARTS) is 1. The van der Waals surface area contributed by atoms with E-state index in [-0.39, 0.29) is 32.8 Å². The first kappa shape index (κ1) is 31.0. The van der Waals surface area contributed by atoms with Crippen LogP contribution in [0.2, 0.25) is 0 Å². The number of amides is 3. The number of rotatable bonds is 9. The molecule has 5 atom stereocenters. The molecule has 0 radical (unpaired) electrons. The number of aliphatic hydroxyl groups is 2. The standard InChI is InChI=1S/C25H34N6O10/c1-14(33)28-19-16(29-23(26)27)11-18(22(35)36)40-21(19)20(17(34)12-32)41-25(38)31-9-7-30(8-10-31)24(37)39-13-15-5-3-2-4-6-15/h2-6,11,16-17,19-21,32,34H,7-10,12-13H2,1H3,(H,28,33)(H,35,36)(H4,26,27,29)/t16-,17+,19+,20+,21+/m0/s1. The van der Waals surface area contributed by atoms with E-state index in [1.807, 2.05) is 30.3 Å². The lowest BCUT2D eigenvalue weighted by molar-refractivity contribution is -0.147. The van der Waals surface area contributed by atoms with Gasteiger partial charge in [0.1, 0.15) is 12.7 Å². The fourth-order valence-electron chi connectivity index (χ4n) is 4.34. The number of nitrogens with zero attached hydrogens (tertiary/aromatic N) is 3. The van der Waals surface area contributed by atoms with Gasteiger partial charge in [0.15, 0.2) is 18.2 Å². The Morgan fingerprint density at radius 2 is 1.71 bits per heavy atom. The molecule has 8 N–H and O–H groups in total. The molecule has 0 saturated carbocycles. The van der Waals surface area contributed by atoms with Crippen LogP contribution < -0.4 is 16.8 Å². The molecule has 1 fully saturated rings. The van der Waals surface area contributed by atoms with Gasteiger partial charge in [-0.25, -0.2) is 19.4 Å². The van der Waals surface area contributed by atoms with Gasteiger partial charge in [-0.1, -0.05) is 30.3 Å². The molecule has 1 aromatic carbocycles. The monoisotopic (exact) mass is 578 g/mol. The topological polar surface area (TPSA) is 240 Å². The van der Waals surface area contributed by atoms with Crippen LogP contribution in [0, 0.1) is 0 Å². The molecular formula is C25H34N6O10. The summed E-state index contributed by atoms with van der Waals surface area (Å²) in [7, 11) is 0. The van der Waals surface area contributed by atoms with Crippen LogP contribution in [-0.2, 0) is 30.4 Å². The number of carbonyl (C=O) groups is 4. The van der Waals surface area contributed by atoms with E-state index in [9.17, 15) is 34.5 Å². The smallest absolute Gasteiger partial charge is 0.410 e. The highest BCUT2D eigenvalue weighted by atomic mass is 16.6. The molecule has 2 heterocycles. The number of carboxylic acids is 1. The second-order valence-electron chi connectivity index (χ2n) is 9.30. The van der Waals surface area contributed by atoms with E-state index < -0.39 is 72.8 Å². The first-order valence-electron chi connectivity index (χ1n) is 12.7. The lowest BCUT2D eigenvalue weighted by Crippen LogP contribution is -2.61. The Kier molecular flexibility index (Phi) is 10.7. The molecule has 0 aromatic heterocycles. The number of carbonyl (C=O) groups excluding carboxylic acids is 3. The molecule has 3 rings (SSSR count). The summed E-state index contributed by atoms with van der Waals surface area (Å²) >= 11 is 0. The maximum absolute atomic E-state index is 13.1. The molecule has 3 amide bonds. The summed E-state index contributed by atoms with van der Waals surface area (Å²) in [5.41, 5.74) is 11.8. The van der Waals surface area contributed by atoms with E-state index in [0.29, 0.717) is 0 Å². The first-order chi connectivity index (χ1) is 19.5. The van der Waals surface area contributed by atoms with E-state index in [1.54, 1.807) is 0 Å². The Morgan fingerprint density at radius 3 is 2.24 bits per heavy atom. The summed E-state index contributed by atoms with van der Waals surface area (Å²) in [5.74, 6) is -3.14. The van der Waals surface area contributed by atoms with Crippen LogP contribution in [0.4, 0.5) is 9.59 Å². The molecule has 2 aliphatic heterocycles. The van der Waals surface area contributed by atoms with Crippen LogP contribution in [0.3, 0.4) is 0 Å². The number of benzene rings is 1. The maximum Gasteiger partial charge on any atom is 0.410 e. The Labute approximate surface area is 235 Å². The quantitative estimate of drug-likeness (QED) is 0.142. The molecule has 224 valence electrons. The van der Waals surface area contributed by atoms with E-state index in [2.05, 4.69) is 10.3 Å². The first-order valence-corrected chi connectivity index (χ1v) is 12.7. The van der Waals surface area contributed by atoms with Gasteiger partial charge >= 0.3 is 18.2 Å². The number of hydrogen-bond donors (Lipinski definition) is 6. The van der Waals surface area contributed by atoms with Crippen molar-refractivity contribution in [3.05, 3.63) is 47.7 Å². The van der Waals surface area contributed by atoms with E-state index in [0.717, 1.165) is 11.6 Å². The molecule has 0 bridgehead atoms. The van der Waals surface area contributed by atoms with Crippen molar-refractivity contribution in [2.45, 2.75) is 43.9 Å². The number of aliphatic hydroxyl groups excluding tert-OH is 2. The summed E-state index contributed by atoms with van der Waals surface area (Å²) in [6.45, 7) is 0.731. The van der Waals surface area contributed by atoms with Crippen LogP contribution >= 0.6 is 0 Å². The van der Waals surface area contributed by atoms with Gasteiger partial charge in [0.05, 0.1) is 18.7 Å². The molecule has 16 heteroatoms. The van der Waals surface area contributed by atoms with E-state index >= 15 is 0 Å².